The first-order valence-corrected chi connectivity index (χ1v) is 16.9. The molecule has 41 heavy (non-hydrogen) atoms. The van der Waals surface area contributed by atoms with Gasteiger partial charge in [-0.3, -0.25) is 14.1 Å². The SMILES string of the molecule is Cc1oc(-c2ccncc2)nc1CCCCOc1cc(C(P2(=O)O[C@@H](C)[C@@H](C)O2)P2(=O)O[C@@H](C)[C@@H](C)O2)ccc1F. The van der Waals surface area contributed by atoms with Crippen LogP contribution in [0.4, 0.5) is 4.39 Å². The number of unbranched alkanes of at least 4 members (excludes halogenated alkanes) is 1. The summed E-state index contributed by atoms with van der Waals surface area (Å²) in [6.07, 6.45) is 3.37. The van der Waals surface area contributed by atoms with E-state index in [1.807, 2.05) is 19.1 Å². The highest BCUT2D eigenvalue weighted by Crippen LogP contribution is 2.82. The van der Waals surface area contributed by atoms with E-state index >= 15 is 0 Å². The van der Waals surface area contributed by atoms with Crippen LogP contribution in [0, 0.1) is 12.7 Å². The van der Waals surface area contributed by atoms with Gasteiger partial charge in [-0.05, 0) is 83.7 Å². The van der Waals surface area contributed by atoms with E-state index in [9.17, 15) is 13.5 Å². The standard InChI is InChI=1S/C28H35FN2O8P2/c1-17-18(2)37-40(32,36-17)28(41(33)38-19(3)20(4)39-41)23-9-10-24(29)26(16-23)34-15-7-6-8-25-21(5)35-27(31-25)22-11-13-30-14-12-22/h9-14,16-20,28H,6-8,15H2,1-5H3/t17-,18+,19-,20+,28?,40?,41?. The zero-order valence-corrected chi connectivity index (χ0v) is 25.5. The molecule has 2 fully saturated rings. The summed E-state index contributed by atoms with van der Waals surface area (Å²) in [5.74, 6) is 0.611. The predicted molar refractivity (Wildman–Crippen MR) is 149 cm³/mol. The molecule has 0 aliphatic carbocycles. The number of ether oxygens (including phenoxy) is 1. The largest absolute Gasteiger partial charge is 0.491 e. The molecule has 222 valence electrons. The van der Waals surface area contributed by atoms with Crippen molar-refractivity contribution in [3.63, 3.8) is 0 Å². The topological polar surface area (TPSA) is 119 Å². The maximum absolute atomic E-state index is 14.8. The lowest BCUT2D eigenvalue weighted by molar-refractivity contribution is 0.187. The number of aryl methyl sites for hydroxylation is 2. The van der Waals surface area contributed by atoms with Gasteiger partial charge in [0.05, 0.1) is 36.7 Å². The number of pyridine rings is 1. The van der Waals surface area contributed by atoms with Crippen LogP contribution in [0.15, 0.2) is 47.1 Å². The fourth-order valence-electron chi connectivity index (χ4n) is 4.73. The Kier molecular flexibility index (Phi) is 8.86. The van der Waals surface area contributed by atoms with Crippen LogP contribution in [0.2, 0.25) is 0 Å². The molecule has 2 aliphatic heterocycles. The van der Waals surface area contributed by atoms with Crippen LogP contribution >= 0.6 is 15.2 Å². The monoisotopic (exact) mass is 608 g/mol. The van der Waals surface area contributed by atoms with Gasteiger partial charge in [0.25, 0.3) is 0 Å². The van der Waals surface area contributed by atoms with Crippen molar-refractivity contribution in [2.45, 2.75) is 83.7 Å². The van der Waals surface area contributed by atoms with Gasteiger partial charge >= 0.3 is 15.2 Å². The highest BCUT2D eigenvalue weighted by atomic mass is 31.2. The summed E-state index contributed by atoms with van der Waals surface area (Å²) in [4.78, 5) is 8.61. The number of oxazole rings is 1. The van der Waals surface area contributed by atoms with Crippen LogP contribution < -0.4 is 4.74 Å². The number of halogens is 1. The fourth-order valence-corrected chi connectivity index (χ4v) is 10.9. The Bertz CT molecular complexity index is 1400. The minimum atomic E-state index is -4.02. The fraction of sp³-hybridized carbons (Fsp3) is 0.500. The lowest BCUT2D eigenvalue weighted by Gasteiger charge is -2.26. The van der Waals surface area contributed by atoms with Gasteiger partial charge in [-0.25, -0.2) is 9.37 Å². The summed E-state index contributed by atoms with van der Waals surface area (Å²) in [6, 6.07) is 7.62. The maximum Gasteiger partial charge on any atom is 0.350 e. The van der Waals surface area contributed by atoms with Gasteiger partial charge < -0.3 is 27.2 Å². The first kappa shape index (κ1) is 30.1. The van der Waals surface area contributed by atoms with Gasteiger partial charge in [0.1, 0.15) is 5.76 Å². The molecule has 2 aliphatic rings. The van der Waals surface area contributed by atoms with Crippen molar-refractivity contribution in [1.82, 2.24) is 9.97 Å². The summed E-state index contributed by atoms with van der Waals surface area (Å²) in [7, 11) is -8.05. The molecule has 2 aromatic heterocycles. The third-order valence-corrected chi connectivity index (χ3v) is 13.3. The van der Waals surface area contributed by atoms with E-state index in [1.165, 1.54) is 18.2 Å². The highest BCUT2D eigenvalue weighted by molar-refractivity contribution is 7.72. The smallest absolute Gasteiger partial charge is 0.350 e. The van der Waals surface area contributed by atoms with E-state index in [4.69, 9.17) is 27.2 Å². The molecular weight excluding hydrogens is 573 g/mol. The number of aromatic nitrogens is 2. The Morgan fingerprint density at radius 2 is 1.49 bits per heavy atom. The van der Waals surface area contributed by atoms with Crippen molar-refractivity contribution in [2.24, 2.45) is 0 Å². The number of hydrogen-bond acceptors (Lipinski definition) is 10. The minimum absolute atomic E-state index is 0.0659. The summed E-state index contributed by atoms with van der Waals surface area (Å²) in [5.41, 5.74) is 1.94. The van der Waals surface area contributed by atoms with Gasteiger partial charge in [0.2, 0.25) is 5.89 Å². The van der Waals surface area contributed by atoms with E-state index in [1.54, 1.807) is 40.1 Å². The second-order valence-electron chi connectivity index (χ2n) is 10.4. The quantitative estimate of drug-likeness (QED) is 0.168. The molecule has 5 rings (SSSR count). The van der Waals surface area contributed by atoms with Gasteiger partial charge in [-0.15, -0.1) is 0 Å². The first-order chi connectivity index (χ1) is 19.5. The number of hydrogen-bond donors (Lipinski definition) is 0. The van der Waals surface area contributed by atoms with Crippen molar-refractivity contribution in [2.75, 3.05) is 6.61 Å². The van der Waals surface area contributed by atoms with Crippen molar-refractivity contribution in [3.05, 3.63) is 65.6 Å². The Balaban J connectivity index is 1.27. The molecule has 13 heteroatoms. The van der Waals surface area contributed by atoms with E-state index in [0.717, 1.165) is 23.4 Å². The van der Waals surface area contributed by atoms with E-state index < -0.39 is 50.8 Å². The molecule has 2 saturated heterocycles. The van der Waals surface area contributed by atoms with Gasteiger partial charge in [-0.1, -0.05) is 6.07 Å². The Labute approximate surface area is 239 Å². The van der Waals surface area contributed by atoms with Gasteiger partial charge in [0.15, 0.2) is 17.0 Å². The maximum atomic E-state index is 14.8. The molecule has 3 aromatic rings. The third-order valence-electron chi connectivity index (χ3n) is 7.31. The van der Waals surface area contributed by atoms with Crippen molar-refractivity contribution in [3.8, 4) is 17.2 Å². The predicted octanol–water partition coefficient (Wildman–Crippen LogP) is 7.62. The Morgan fingerprint density at radius 3 is 2.07 bits per heavy atom. The molecule has 0 amide bonds. The van der Waals surface area contributed by atoms with Crippen molar-refractivity contribution in [1.29, 1.82) is 0 Å². The minimum Gasteiger partial charge on any atom is -0.491 e. The molecule has 4 heterocycles. The molecule has 0 bridgehead atoms. The normalized spacial score (nSPS) is 30.5. The average molecular weight is 609 g/mol. The van der Waals surface area contributed by atoms with Crippen LogP contribution in [0.1, 0.15) is 63.0 Å². The highest BCUT2D eigenvalue weighted by Gasteiger charge is 2.60. The second-order valence-corrected chi connectivity index (χ2v) is 14.9. The number of nitrogens with zero attached hydrogens (tertiary/aromatic N) is 2. The molecule has 10 nitrogen and oxygen atoms in total. The summed E-state index contributed by atoms with van der Waals surface area (Å²) in [6.45, 7) is 8.97. The first-order valence-electron chi connectivity index (χ1n) is 13.7. The molecule has 0 spiro atoms. The number of rotatable bonds is 10. The zero-order valence-electron chi connectivity index (χ0n) is 23.7. The summed E-state index contributed by atoms with van der Waals surface area (Å²) >= 11 is 0. The average Bonchev–Trinajstić information content (AvgIpc) is 3.52. The molecule has 2 unspecified atom stereocenters. The summed E-state index contributed by atoms with van der Waals surface area (Å²) < 4.78 is 77.3. The lowest BCUT2D eigenvalue weighted by Crippen LogP contribution is -2.13. The van der Waals surface area contributed by atoms with Crippen LogP contribution in [0.5, 0.6) is 5.75 Å². The number of benzene rings is 1. The van der Waals surface area contributed by atoms with Crippen molar-refractivity contribution < 1.29 is 40.8 Å². The molecule has 0 N–H and O–H groups in total. The Hall–Kier alpha value is -2.39. The van der Waals surface area contributed by atoms with Crippen LogP contribution in [0.3, 0.4) is 0 Å². The van der Waals surface area contributed by atoms with Crippen LogP contribution in [0.25, 0.3) is 11.5 Å². The van der Waals surface area contributed by atoms with E-state index in [-0.39, 0.29) is 17.9 Å². The molecule has 6 atom stereocenters. The van der Waals surface area contributed by atoms with E-state index in [0.29, 0.717) is 18.7 Å². The van der Waals surface area contributed by atoms with Crippen molar-refractivity contribution >= 4 is 15.2 Å². The van der Waals surface area contributed by atoms with E-state index in [2.05, 4.69) is 9.97 Å². The zero-order chi connectivity index (χ0) is 29.4. The van der Waals surface area contributed by atoms with Gasteiger partial charge in [-0.2, -0.15) is 0 Å². The molecule has 0 saturated carbocycles. The third kappa shape index (κ3) is 6.36. The summed E-state index contributed by atoms with van der Waals surface area (Å²) in [5, 5.41) is -1.39. The van der Waals surface area contributed by atoms with Crippen LogP contribution in [-0.4, -0.2) is 41.0 Å². The second kappa shape index (κ2) is 12.1. The Morgan fingerprint density at radius 1 is 0.902 bits per heavy atom. The van der Waals surface area contributed by atoms with Gasteiger partial charge in [0, 0.05) is 18.0 Å². The van der Waals surface area contributed by atoms with Crippen LogP contribution in [-0.2, 0) is 33.6 Å². The lowest BCUT2D eigenvalue weighted by atomic mass is 10.2. The molecular formula is C28H35FN2O8P2. The molecule has 0 radical (unpaired) electrons. The molecule has 1 aromatic carbocycles.